The Balaban J connectivity index is 2.00. The van der Waals surface area contributed by atoms with Gasteiger partial charge in [0.25, 0.3) is 0 Å². The molecule has 17 heavy (non-hydrogen) atoms. The Labute approximate surface area is 100 Å². The van der Waals surface area contributed by atoms with E-state index in [-0.39, 0.29) is 5.92 Å². The molecule has 2 unspecified atom stereocenters. The second-order valence-corrected chi connectivity index (χ2v) is 4.99. The first-order chi connectivity index (χ1) is 8.18. The summed E-state index contributed by atoms with van der Waals surface area (Å²) in [6.45, 7) is 3.30. The van der Waals surface area contributed by atoms with E-state index in [2.05, 4.69) is 11.1 Å². The molecule has 1 aliphatic rings. The molecule has 0 saturated carbocycles. The second kappa shape index (κ2) is 3.86. The first-order valence-electron chi connectivity index (χ1n) is 6.05. The SMILES string of the molecule is CC(O)(c1ccc2[nH]ccc2c1)C1CCOC1. The molecule has 0 amide bonds. The fourth-order valence-corrected chi connectivity index (χ4v) is 2.58. The van der Waals surface area contributed by atoms with Gasteiger partial charge < -0.3 is 14.8 Å². The van der Waals surface area contributed by atoms with Gasteiger partial charge in [-0.3, -0.25) is 0 Å². The molecule has 1 aromatic carbocycles. The minimum absolute atomic E-state index is 0.193. The molecule has 1 aromatic heterocycles. The lowest BCUT2D eigenvalue weighted by atomic mass is 9.82. The molecule has 3 rings (SSSR count). The molecule has 2 N–H and O–H groups in total. The Morgan fingerprint density at radius 2 is 2.29 bits per heavy atom. The monoisotopic (exact) mass is 231 g/mol. The molecule has 2 atom stereocenters. The summed E-state index contributed by atoms with van der Waals surface area (Å²) in [6.07, 6.45) is 2.85. The van der Waals surface area contributed by atoms with Gasteiger partial charge in [0.1, 0.15) is 0 Å². The number of benzene rings is 1. The molecule has 0 aliphatic carbocycles. The summed E-state index contributed by atoms with van der Waals surface area (Å²) in [5.74, 6) is 0.193. The van der Waals surface area contributed by atoms with Crippen molar-refractivity contribution in [3.8, 4) is 0 Å². The number of H-pyrrole nitrogens is 1. The van der Waals surface area contributed by atoms with Crippen molar-refractivity contribution in [1.82, 2.24) is 4.98 Å². The molecule has 0 bridgehead atoms. The number of nitrogens with one attached hydrogen (secondary N) is 1. The largest absolute Gasteiger partial charge is 0.385 e. The van der Waals surface area contributed by atoms with E-state index in [1.165, 1.54) is 0 Å². The molecule has 1 fully saturated rings. The molecule has 1 saturated heterocycles. The van der Waals surface area contributed by atoms with Crippen LogP contribution in [0.2, 0.25) is 0 Å². The van der Waals surface area contributed by atoms with Gasteiger partial charge in [0, 0.05) is 24.2 Å². The van der Waals surface area contributed by atoms with Crippen LogP contribution in [0.4, 0.5) is 0 Å². The lowest BCUT2D eigenvalue weighted by Crippen LogP contribution is -2.32. The normalized spacial score (nSPS) is 24.0. The van der Waals surface area contributed by atoms with Crippen LogP contribution in [0.3, 0.4) is 0 Å². The van der Waals surface area contributed by atoms with E-state index in [4.69, 9.17) is 4.74 Å². The summed E-state index contributed by atoms with van der Waals surface area (Å²) in [6, 6.07) is 8.11. The van der Waals surface area contributed by atoms with Gasteiger partial charge in [0.2, 0.25) is 0 Å². The van der Waals surface area contributed by atoms with Crippen LogP contribution in [0.25, 0.3) is 10.9 Å². The Kier molecular flexibility index (Phi) is 2.45. The Morgan fingerprint density at radius 1 is 1.41 bits per heavy atom. The van der Waals surface area contributed by atoms with Gasteiger partial charge >= 0.3 is 0 Å². The standard InChI is InChI=1S/C14H17NO2/c1-14(16,12-5-7-17-9-12)11-2-3-13-10(8-11)4-6-15-13/h2-4,6,8,12,15-16H,5,7,9H2,1H3. The van der Waals surface area contributed by atoms with Crippen molar-refractivity contribution in [3.05, 3.63) is 36.0 Å². The summed E-state index contributed by atoms with van der Waals surface area (Å²) < 4.78 is 5.37. The average Bonchev–Trinajstić information content (AvgIpc) is 2.99. The van der Waals surface area contributed by atoms with Gasteiger partial charge in [0.05, 0.1) is 12.2 Å². The van der Waals surface area contributed by atoms with E-state index in [0.717, 1.165) is 29.5 Å². The van der Waals surface area contributed by atoms with Crippen molar-refractivity contribution in [2.24, 2.45) is 5.92 Å². The number of aromatic nitrogens is 1. The van der Waals surface area contributed by atoms with Gasteiger partial charge in [-0.05, 0) is 42.5 Å². The zero-order valence-corrected chi connectivity index (χ0v) is 9.94. The van der Waals surface area contributed by atoms with Crippen LogP contribution in [0.15, 0.2) is 30.5 Å². The van der Waals surface area contributed by atoms with Gasteiger partial charge in [-0.1, -0.05) is 6.07 Å². The summed E-state index contributed by atoms with van der Waals surface area (Å²) in [7, 11) is 0. The fraction of sp³-hybridized carbons (Fsp3) is 0.429. The van der Waals surface area contributed by atoms with Crippen molar-refractivity contribution in [1.29, 1.82) is 0 Å². The predicted molar refractivity (Wildman–Crippen MR) is 66.8 cm³/mol. The minimum Gasteiger partial charge on any atom is -0.385 e. The number of hydrogen-bond donors (Lipinski definition) is 2. The molecular formula is C14H17NO2. The zero-order chi connectivity index (χ0) is 11.9. The molecular weight excluding hydrogens is 214 g/mol. The highest BCUT2D eigenvalue weighted by atomic mass is 16.5. The lowest BCUT2D eigenvalue weighted by molar-refractivity contribution is -0.00960. The zero-order valence-electron chi connectivity index (χ0n) is 9.94. The van der Waals surface area contributed by atoms with Crippen molar-refractivity contribution >= 4 is 10.9 Å². The topological polar surface area (TPSA) is 45.2 Å². The Hall–Kier alpha value is -1.32. The van der Waals surface area contributed by atoms with Crippen molar-refractivity contribution in [2.45, 2.75) is 18.9 Å². The number of aromatic amines is 1. The van der Waals surface area contributed by atoms with E-state index in [1.807, 2.05) is 31.3 Å². The molecule has 0 spiro atoms. The first-order valence-corrected chi connectivity index (χ1v) is 6.05. The van der Waals surface area contributed by atoms with Crippen LogP contribution in [0.5, 0.6) is 0 Å². The average molecular weight is 231 g/mol. The van der Waals surface area contributed by atoms with Crippen molar-refractivity contribution in [3.63, 3.8) is 0 Å². The lowest BCUT2D eigenvalue weighted by Gasteiger charge is -2.29. The summed E-state index contributed by atoms with van der Waals surface area (Å²) in [4.78, 5) is 3.16. The minimum atomic E-state index is -0.804. The fourth-order valence-electron chi connectivity index (χ4n) is 2.58. The van der Waals surface area contributed by atoms with Gasteiger partial charge in [0.15, 0.2) is 0 Å². The predicted octanol–water partition coefficient (Wildman–Crippen LogP) is 2.41. The summed E-state index contributed by atoms with van der Waals surface area (Å²) in [5, 5.41) is 11.8. The van der Waals surface area contributed by atoms with Gasteiger partial charge in [-0.15, -0.1) is 0 Å². The van der Waals surface area contributed by atoms with Gasteiger partial charge in [-0.2, -0.15) is 0 Å². The molecule has 3 nitrogen and oxygen atoms in total. The van der Waals surface area contributed by atoms with Gasteiger partial charge in [-0.25, -0.2) is 0 Å². The van der Waals surface area contributed by atoms with E-state index in [9.17, 15) is 5.11 Å². The van der Waals surface area contributed by atoms with Crippen molar-refractivity contribution < 1.29 is 9.84 Å². The van der Waals surface area contributed by atoms with Crippen LogP contribution in [0.1, 0.15) is 18.9 Å². The molecule has 3 heteroatoms. The highest BCUT2D eigenvalue weighted by molar-refractivity contribution is 5.80. The third-order valence-corrected chi connectivity index (χ3v) is 3.86. The Morgan fingerprint density at radius 3 is 3.06 bits per heavy atom. The maximum Gasteiger partial charge on any atom is 0.0919 e. The van der Waals surface area contributed by atoms with Crippen LogP contribution in [-0.4, -0.2) is 23.3 Å². The summed E-state index contributed by atoms with van der Waals surface area (Å²) in [5.41, 5.74) is 1.27. The number of ether oxygens (including phenoxy) is 1. The maximum atomic E-state index is 10.7. The molecule has 2 heterocycles. The smallest absolute Gasteiger partial charge is 0.0919 e. The number of rotatable bonds is 2. The number of aliphatic hydroxyl groups is 1. The molecule has 1 aliphatic heterocycles. The third kappa shape index (κ3) is 1.75. The second-order valence-electron chi connectivity index (χ2n) is 4.99. The number of hydrogen-bond acceptors (Lipinski definition) is 2. The first kappa shape index (κ1) is 10.8. The molecule has 90 valence electrons. The molecule has 2 aromatic rings. The van der Waals surface area contributed by atoms with Crippen molar-refractivity contribution in [2.75, 3.05) is 13.2 Å². The van der Waals surface area contributed by atoms with E-state index in [1.54, 1.807) is 0 Å². The third-order valence-electron chi connectivity index (χ3n) is 3.86. The number of fused-ring (bicyclic) bond motifs is 1. The molecule has 0 radical (unpaired) electrons. The highest BCUT2D eigenvalue weighted by Crippen LogP contribution is 2.35. The van der Waals surface area contributed by atoms with E-state index >= 15 is 0 Å². The van der Waals surface area contributed by atoms with Crippen LogP contribution >= 0.6 is 0 Å². The van der Waals surface area contributed by atoms with Crippen LogP contribution in [-0.2, 0) is 10.3 Å². The summed E-state index contributed by atoms with van der Waals surface area (Å²) >= 11 is 0. The maximum absolute atomic E-state index is 10.7. The van der Waals surface area contributed by atoms with E-state index in [0.29, 0.717) is 6.61 Å². The highest BCUT2D eigenvalue weighted by Gasteiger charge is 2.36. The van der Waals surface area contributed by atoms with Crippen LogP contribution < -0.4 is 0 Å². The van der Waals surface area contributed by atoms with E-state index < -0.39 is 5.60 Å². The quantitative estimate of drug-likeness (QED) is 0.833. The Bertz CT molecular complexity index is 524. The van der Waals surface area contributed by atoms with Crippen LogP contribution in [0, 0.1) is 5.92 Å².